The molecule has 0 N–H and O–H groups in total. The number of amides is 1. The average molecular weight is 329 g/mol. The van der Waals surface area contributed by atoms with Gasteiger partial charge in [0.15, 0.2) is 0 Å². The zero-order chi connectivity index (χ0) is 17.1. The molecule has 6 heteroatoms. The Hall–Kier alpha value is -2.76. The molecule has 0 saturated carbocycles. The number of hydrogen-bond donors (Lipinski definition) is 0. The van der Waals surface area contributed by atoms with Crippen molar-refractivity contribution in [3.05, 3.63) is 47.4 Å². The van der Waals surface area contributed by atoms with E-state index in [1.165, 1.54) is 7.11 Å². The first-order valence-corrected chi connectivity index (χ1v) is 7.79. The van der Waals surface area contributed by atoms with Crippen LogP contribution in [0.1, 0.15) is 34.7 Å². The van der Waals surface area contributed by atoms with Gasteiger partial charge < -0.3 is 18.8 Å². The standard InChI is InChI=1S/C18H19NO5/c1-12-16(18(21)22-2)10-15(24-12)11-23-14-6-3-5-13(9-14)19-8-4-7-17(19)20/h3,5-6,9-10H,4,7-8,11H2,1-2H3. The fourth-order valence-electron chi connectivity index (χ4n) is 2.74. The molecule has 0 atom stereocenters. The van der Waals surface area contributed by atoms with Crippen LogP contribution in [0.2, 0.25) is 0 Å². The topological polar surface area (TPSA) is 69.0 Å². The Morgan fingerprint density at radius 3 is 2.88 bits per heavy atom. The molecule has 2 aromatic rings. The highest BCUT2D eigenvalue weighted by molar-refractivity contribution is 5.95. The molecule has 0 bridgehead atoms. The van der Waals surface area contributed by atoms with Gasteiger partial charge in [-0.15, -0.1) is 0 Å². The molecule has 3 rings (SSSR count). The summed E-state index contributed by atoms with van der Waals surface area (Å²) in [4.78, 5) is 25.2. The van der Waals surface area contributed by atoms with Crippen LogP contribution in [0.4, 0.5) is 5.69 Å². The van der Waals surface area contributed by atoms with Crippen molar-refractivity contribution in [3.8, 4) is 5.75 Å². The van der Waals surface area contributed by atoms with E-state index in [-0.39, 0.29) is 12.5 Å². The maximum atomic E-state index is 11.8. The first kappa shape index (κ1) is 16.1. The Balaban J connectivity index is 1.69. The highest BCUT2D eigenvalue weighted by Gasteiger charge is 2.22. The number of carbonyl (C=O) groups excluding carboxylic acids is 2. The predicted octanol–water partition coefficient (Wildman–Crippen LogP) is 3.08. The summed E-state index contributed by atoms with van der Waals surface area (Å²) in [5.41, 5.74) is 1.23. The fraction of sp³-hybridized carbons (Fsp3) is 0.333. The minimum Gasteiger partial charge on any atom is -0.486 e. The third kappa shape index (κ3) is 3.27. The molecule has 24 heavy (non-hydrogen) atoms. The van der Waals surface area contributed by atoms with E-state index in [0.29, 0.717) is 29.3 Å². The molecule has 2 heterocycles. The lowest BCUT2D eigenvalue weighted by Crippen LogP contribution is -2.23. The van der Waals surface area contributed by atoms with Gasteiger partial charge in [-0.1, -0.05) is 6.07 Å². The molecule has 1 aliphatic rings. The van der Waals surface area contributed by atoms with E-state index >= 15 is 0 Å². The number of hydrogen-bond acceptors (Lipinski definition) is 5. The number of methoxy groups -OCH3 is 1. The number of esters is 1. The number of nitrogens with zero attached hydrogens (tertiary/aromatic N) is 1. The van der Waals surface area contributed by atoms with Gasteiger partial charge in [0.05, 0.1) is 7.11 Å². The summed E-state index contributed by atoms with van der Waals surface area (Å²) in [6.07, 6.45) is 1.47. The number of ether oxygens (including phenoxy) is 2. The Kier molecular flexibility index (Phi) is 4.55. The molecule has 126 valence electrons. The van der Waals surface area contributed by atoms with Crippen LogP contribution in [0.15, 0.2) is 34.7 Å². The van der Waals surface area contributed by atoms with Gasteiger partial charge in [0.2, 0.25) is 5.91 Å². The molecule has 0 spiro atoms. The zero-order valence-electron chi connectivity index (χ0n) is 13.7. The van der Waals surface area contributed by atoms with Gasteiger partial charge in [-0.05, 0) is 31.5 Å². The lowest BCUT2D eigenvalue weighted by molar-refractivity contribution is -0.117. The van der Waals surface area contributed by atoms with Crippen molar-refractivity contribution in [3.63, 3.8) is 0 Å². The Morgan fingerprint density at radius 1 is 1.33 bits per heavy atom. The van der Waals surface area contributed by atoms with Crippen molar-refractivity contribution in [2.24, 2.45) is 0 Å². The number of benzene rings is 1. The van der Waals surface area contributed by atoms with Gasteiger partial charge in [0.25, 0.3) is 0 Å². The summed E-state index contributed by atoms with van der Waals surface area (Å²) >= 11 is 0. The second-order valence-electron chi connectivity index (χ2n) is 5.61. The second-order valence-corrected chi connectivity index (χ2v) is 5.61. The molecular weight excluding hydrogens is 310 g/mol. The predicted molar refractivity (Wildman–Crippen MR) is 87.1 cm³/mol. The van der Waals surface area contributed by atoms with Gasteiger partial charge in [0, 0.05) is 24.7 Å². The molecule has 0 radical (unpaired) electrons. The molecule has 1 aliphatic heterocycles. The summed E-state index contributed by atoms with van der Waals surface area (Å²) in [6, 6.07) is 9.02. The highest BCUT2D eigenvalue weighted by Crippen LogP contribution is 2.26. The summed E-state index contributed by atoms with van der Waals surface area (Å²) in [6.45, 7) is 2.63. The second kappa shape index (κ2) is 6.78. The van der Waals surface area contributed by atoms with E-state index in [1.807, 2.05) is 24.3 Å². The van der Waals surface area contributed by atoms with Crippen LogP contribution in [0, 0.1) is 6.92 Å². The monoisotopic (exact) mass is 329 g/mol. The molecule has 1 amide bonds. The van der Waals surface area contributed by atoms with E-state index in [9.17, 15) is 9.59 Å². The summed E-state index contributed by atoms with van der Waals surface area (Å²) in [5, 5.41) is 0. The largest absolute Gasteiger partial charge is 0.486 e. The van der Waals surface area contributed by atoms with Crippen molar-refractivity contribution in [2.45, 2.75) is 26.4 Å². The third-order valence-corrected chi connectivity index (χ3v) is 3.96. The molecule has 6 nitrogen and oxygen atoms in total. The third-order valence-electron chi connectivity index (χ3n) is 3.96. The van der Waals surface area contributed by atoms with Crippen LogP contribution in [0.3, 0.4) is 0 Å². The van der Waals surface area contributed by atoms with E-state index in [1.54, 1.807) is 17.9 Å². The Labute approximate surface area is 140 Å². The van der Waals surface area contributed by atoms with E-state index in [2.05, 4.69) is 0 Å². The minimum atomic E-state index is -0.433. The van der Waals surface area contributed by atoms with Crippen LogP contribution in [0.25, 0.3) is 0 Å². The lowest BCUT2D eigenvalue weighted by atomic mass is 10.2. The molecule has 1 fully saturated rings. The summed E-state index contributed by atoms with van der Waals surface area (Å²) in [7, 11) is 1.33. The van der Waals surface area contributed by atoms with Crippen molar-refractivity contribution in [1.29, 1.82) is 0 Å². The number of carbonyl (C=O) groups is 2. The average Bonchev–Trinajstić information content (AvgIpc) is 3.18. The Morgan fingerprint density at radius 2 is 2.17 bits per heavy atom. The number of furan rings is 1. The van der Waals surface area contributed by atoms with Gasteiger partial charge in [-0.25, -0.2) is 4.79 Å². The van der Waals surface area contributed by atoms with Crippen LogP contribution < -0.4 is 9.64 Å². The molecular formula is C18H19NO5. The van der Waals surface area contributed by atoms with E-state index < -0.39 is 5.97 Å². The van der Waals surface area contributed by atoms with Crippen molar-refractivity contribution in [2.75, 3.05) is 18.6 Å². The molecule has 1 saturated heterocycles. The van der Waals surface area contributed by atoms with Crippen molar-refractivity contribution >= 4 is 17.6 Å². The zero-order valence-corrected chi connectivity index (χ0v) is 13.7. The van der Waals surface area contributed by atoms with Crippen LogP contribution in [0.5, 0.6) is 5.75 Å². The Bertz CT molecular complexity index is 765. The fourth-order valence-corrected chi connectivity index (χ4v) is 2.74. The minimum absolute atomic E-state index is 0.136. The van der Waals surface area contributed by atoms with Gasteiger partial charge in [-0.2, -0.15) is 0 Å². The summed E-state index contributed by atoms with van der Waals surface area (Å²) < 4.78 is 15.9. The number of rotatable bonds is 5. The normalized spacial score (nSPS) is 14.1. The van der Waals surface area contributed by atoms with Gasteiger partial charge >= 0.3 is 5.97 Å². The quantitative estimate of drug-likeness (QED) is 0.789. The van der Waals surface area contributed by atoms with E-state index in [4.69, 9.17) is 13.9 Å². The van der Waals surface area contributed by atoms with Gasteiger partial charge in [-0.3, -0.25) is 4.79 Å². The highest BCUT2D eigenvalue weighted by atomic mass is 16.5. The number of anilines is 1. The first-order chi connectivity index (χ1) is 11.6. The molecule has 0 aliphatic carbocycles. The van der Waals surface area contributed by atoms with Crippen molar-refractivity contribution < 1.29 is 23.5 Å². The molecule has 0 unspecified atom stereocenters. The maximum absolute atomic E-state index is 11.8. The molecule has 1 aromatic carbocycles. The molecule has 1 aromatic heterocycles. The van der Waals surface area contributed by atoms with Crippen LogP contribution in [-0.4, -0.2) is 25.5 Å². The van der Waals surface area contributed by atoms with Gasteiger partial charge in [0.1, 0.15) is 29.4 Å². The number of aryl methyl sites for hydroxylation is 1. The SMILES string of the molecule is COC(=O)c1cc(COc2cccc(N3CCCC3=O)c2)oc1C. The van der Waals surface area contributed by atoms with E-state index in [0.717, 1.165) is 18.7 Å². The van der Waals surface area contributed by atoms with Crippen LogP contribution >= 0.6 is 0 Å². The lowest BCUT2D eigenvalue weighted by Gasteiger charge is -2.16. The summed E-state index contributed by atoms with van der Waals surface area (Å²) in [5.74, 6) is 1.38. The van der Waals surface area contributed by atoms with Crippen molar-refractivity contribution in [1.82, 2.24) is 0 Å². The maximum Gasteiger partial charge on any atom is 0.341 e. The van der Waals surface area contributed by atoms with Crippen LogP contribution in [-0.2, 0) is 16.1 Å². The first-order valence-electron chi connectivity index (χ1n) is 7.79. The smallest absolute Gasteiger partial charge is 0.341 e.